The summed E-state index contributed by atoms with van der Waals surface area (Å²) in [5.74, 6) is 0.251. The molecule has 1 aromatic carbocycles. The highest BCUT2D eigenvalue weighted by atomic mass is 16.3. The molecule has 0 saturated heterocycles. The van der Waals surface area contributed by atoms with Gasteiger partial charge in [-0.3, -0.25) is 4.79 Å². The van der Waals surface area contributed by atoms with Crippen LogP contribution in [0.5, 0.6) is 0 Å². The molecule has 2 atom stereocenters. The Labute approximate surface area is 146 Å². The largest absolute Gasteiger partial charge is 0.396 e. The van der Waals surface area contributed by atoms with Crippen LogP contribution in [0.2, 0.25) is 0 Å². The molecule has 0 radical (unpaired) electrons. The maximum atomic E-state index is 12.5. The summed E-state index contributed by atoms with van der Waals surface area (Å²) >= 11 is 0. The van der Waals surface area contributed by atoms with Crippen molar-refractivity contribution in [1.82, 2.24) is 15.1 Å². The van der Waals surface area contributed by atoms with Gasteiger partial charge in [0.05, 0.1) is 11.9 Å². The van der Waals surface area contributed by atoms with E-state index in [2.05, 4.69) is 10.4 Å². The van der Waals surface area contributed by atoms with Gasteiger partial charge in [0.2, 0.25) is 0 Å². The summed E-state index contributed by atoms with van der Waals surface area (Å²) in [6.45, 7) is 0.101. The number of carbonyl (C=O) groups excluding carboxylic acids is 1. The zero-order chi connectivity index (χ0) is 17.8. The van der Waals surface area contributed by atoms with Gasteiger partial charge in [0.1, 0.15) is 17.5 Å². The Kier molecular flexibility index (Phi) is 5.00. The van der Waals surface area contributed by atoms with Gasteiger partial charge in [-0.1, -0.05) is 12.8 Å². The molecule has 0 bridgehead atoms. The van der Waals surface area contributed by atoms with E-state index in [0.717, 1.165) is 25.7 Å². The molecule has 7 nitrogen and oxygen atoms in total. The first-order valence-electron chi connectivity index (χ1n) is 8.39. The average molecular weight is 339 g/mol. The SMILES string of the molecule is N#Cc1cnn(-c2ccc(C(=O)NC3CCCCC3CO)cc2)c1N. The van der Waals surface area contributed by atoms with E-state index in [0.29, 0.717) is 16.8 Å². The second-order valence-corrected chi connectivity index (χ2v) is 6.32. The molecule has 1 aliphatic carbocycles. The van der Waals surface area contributed by atoms with Crippen LogP contribution in [0.1, 0.15) is 41.6 Å². The molecule has 1 fully saturated rings. The molecule has 1 saturated carbocycles. The number of nitrogens with zero attached hydrogens (tertiary/aromatic N) is 3. The number of anilines is 1. The highest BCUT2D eigenvalue weighted by Crippen LogP contribution is 2.24. The number of benzene rings is 1. The molecular weight excluding hydrogens is 318 g/mol. The van der Waals surface area contributed by atoms with E-state index in [1.54, 1.807) is 24.3 Å². The first kappa shape index (κ1) is 17.0. The highest BCUT2D eigenvalue weighted by molar-refractivity contribution is 5.94. The Morgan fingerprint density at radius 2 is 2.08 bits per heavy atom. The first-order valence-corrected chi connectivity index (χ1v) is 8.39. The van der Waals surface area contributed by atoms with Crippen molar-refractivity contribution in [2.75, 3.05) is 12.3 Å². The van der Waals surface area contributed by atoms with Crippen molar-refractivity contribution in [2.45, 2.75) is 31.7 Å². The van der Waals surface area contributed by atoms with Gasteiger partial charge in [0.15, 0.2) is 0 Å². The summed E-state index contributed by atoms with van der Waals surface area (Å²) < 4.78 is 1.46. The number of nitriles is 1. The van der Waals surface area contributed by atoms with Crippen molar-refractivity contribution in [2.24, 2.45) is 5.92 Å². The molecule has 4 N–H and O–H groups in total. The number of nitrogen functional groups attached to an aromatic ring is 1. The molecule has 0 aliphatic heterocycles. The Balaban J connectivity index is 1.72. The number of rotatable bonds is 4. The summed E-state index contributed by atoms with van der Waals surface area (Å²) in [4.78, 5) is 12.5. The number of hydrogen-bond donors (Lipinski definition) is 3. The highest BCUT2D eigenvalue weighted by Gasteiger charge is 2.26. The van der Waals surface area contributed by atoms with E-state index >= 15 is 0 Å². The second kappa shape index (κ2) is 7.36. The number of nitrogens with one attached hydrogen (secondary N) is 1. The molecule has 130 valence electrons. The molecule has 0 spiro atoms. The number of nitrogens with two attached hydrogens (primary N) is 1. The van der Waals surface area contributed by atoms with Crippen LogP contribution in [-0.4, -0.2) is 33.4 Å². The van der Waals surface area contributed by atoms with E-state index in [4.69, 9.17) is 11.0 Å². The molecule has 1 heterocycles. The predicted octanol–water partition coefficient (Wildman–Crippen LogP) is 1.61. The Morgan fingerprint density at radius 3 is 2.72 bits per heavy atom. The van der Waals surface area contributed by atoms with Crippen LogP contribution in [0.25, 0.3) is 5.69 Å². The van der Waals surface area contributed by atoms with E-state index in [1.807, 2.05) is 6.07 Å². The molecule has 25 heavy (non-hydrogen) atoms. The van der Waals surface area contributed by atoms with Crippen molar-refractivity contribution in [1.29, 1.82) is 5.26 Å². The maximum Gasteiger partial charge on any atom is 0.251 e. The molecule has 7 heteroatoms. The number of amides is 1. The predicted molar refractivity (Wildman–Crippen MR) is 93.0 cm³/mol. The van der Waals surface area contributed by atoms with E-state index in [-0.39, 0.29) is 30.3 Å². The smallest absolute Gasteiger partial charge is 0.251 e. The normalized spacial score (nSPS) is 20.0. The Bertz CT molecular complexity index is 791. The maximum absolute atomic E-state index is 12.5. The minimum absolute atomic E-state index is 0.0193. The average Bonchev–Trinajstić information content (AvgIpc) is 3.02. The minimum atomic E-state index is -0.150. The van der Waals surface area contributed by atoms with Crippen LogP contribution in [0, 0.1) is 17.2 Å². The van der Waals surface area contributed by atoms with Crippen LogP contribution in [0.4, 0.5) is 5.82 Å². The van der Waals surface area contributed by atoms with Crippen LogP contribution >= 0.6 is 0 Å². The lowest BCUT2D eigenvalue weighted by atomic mass is 9.85. The zero-order valence-corrected chi connectivity index (χ0v) is 13.9. The fourth-order valence-electron chi connectivity index (χ4n) is 3.27. The summed E-state index contributed by atoms with van der Waals surface area (Å²) in [5.41, 5.74) is 7.41. The van der Waals surface area contributed by atoms with Gasteiger partial charge in [-0.05, 0) is 37.1 Å². The topological polar surface area (TPSA) is 117 Å². The van der Waals surface area contributed by atoms with Crippen LogP contribution in [0.15, 0.2) is 30.5 Å². The van der Waals surface area contributed by atoms with Gasteiger partial charge in [0, 0.05) is 24.1 Å². The van der Waals surface area contributed by atoms with Gasteiger partial charge < -0.3 is 16.2 Å². The summed E-state index contributed by atoms with van der Waals surface area (Å²) in [5, 5.41) is 25.5. The number of aliphatic hydroxyl groups excluding tert-OH is 1. The minimum Gasteiger partial charge on any atom is -0.396 e. The quantitative estimate of drug-likeness (QED) is 0.782. The third-order valence-electron chi connectivity index (χ3n) is 4.76. The number of aromatic nitrogens is 2. The van der Waals surface area contributed by atoms with Crippen molar-refractivity contribution in [3.8, 4) is 11.8 Å². The third kappa shape index (κ3) is 3.49. The fraction of sp³-hybridized carbons (Fsp3) is 0.389. The molecular formula is C18H21N5O2. The monoisotopic (exact) mass is 339 g/mol. The van der Waals surface area contributed by atoms with E-state index < -0.39 is 0 Å². The van der Waals surface area contributed by atoms with Crippen molar-refractivity contribution in [3.05, 3.63) is 41.6 Å². The molecule has 1 amide bonds. The van der Waals surface area contributed by atoms with E-state index in [1.165, 1.54) is 10.9 Å². The lowest BCUT2D eigenvalue weighted by molar-refractivity contribution is 0.0872. The fourth-order valence-corrected chi connectivity index (χ4v) is 3.27. The number of hydrogen-bond acceptors (Lipinski definition) is 5. The van der Waals surface area contributed by atoms with Gasteiger partial charge in [0.25, 0.3) is 5.91 Å². The zero-order valence-electron chi connectivity index (χ0n) is 13.9. The standard InChI is InChI=1S/C18H21N5O2/c19-9-14-10-21-23(17(14)20)15-7-5-12(6-8-15)18(25)22-16-4-2-1-3-13(16)11-24/h5-8,10,13,16,24H,1-4,11,20H2,(H,22,25). The number of carbonyl (C=O) groups is 1. The Hall–Kier alpha value is -2.85. The Morgan fingerprint density at radius 1 is 1.36 bits per heavy atom. The number of aliphatic hydroxyl groups is 1. The lowest BCUT2D eigenvalue weighted by Gasteiger charge is -2.30. The van der Waals surface area contributed by atoms with Crippen molar-refractivity contribution >= 4 is 11.7 Å². The second-order valence-electron chi connectivity index (χ2n) is 6.32. The third-order valence-corrected chi connectivity index (χ3v) is 4.76. The molecule has 2 unspecified atom stereocenters. The van der Waals surface area contributed by atoms with Gasteiger partial charge in [-0.25, -0.2) is 4.68 Å². The van der Waals surface area contributed by atoms with Gasteiger partial charge >= 0.3 is 0 Å². The van der Waals surface area contributed by atoms with Crippen LogP contribution in [-0.2, 0) is 0 Å². The van der Waals surface area contributed by atoms with Crippen LogP contribution < -0.4 is 11.1 Å². The van der Waals surface area contributed by atoms with Crippen molar-refractivity contribution < 1.29 is 9.90 Å². The molecule has 2 aromatic rings. The summed E-state index contributed by atoms with van der Waals surface area (Å²) in [6.07, 6.45) is 5.42. The lowest BCUT2D eigenvalue weighted by Crippen LogP contribution is -2.43. The summed E-state index contributed by atoms with van der Waals surface area (Å²) in [7, 11) is 0. The van der Waals surface area contributed by atoms with Crippen LogP contribution in [0.3, 0.4) is 0 Å². The van der Waals surface area contributed by atoms with E-state index in [9.17, 15) is 9.90 Å². The van der Waals surface area contributed by atoms with Gasteiger partial charge in [-0.15, -0.1) is 0 Å². The van der Waals surface area contributed by atoms with Crippen molar-refractivity contribution in [3.63, 3.8) is 0 Å². The van der Waals surface area contributed by atoms with Gasteiger partial charge in [-0.2, -0.15) is 10.4 Å². The summed E-state index contributed by atoms with van der Waals surface area (Å²) in [6, 6.07) is 8.88. The molecule has 1 aliphatic rings. The first-order chi connectivity index (χ1) is 12.1. The molecule has 1 aromatic heterocycles. The molecule has 3 rings (SSSR count).